The number of para-hydroxylation sites is 1. The Bertz CT molecular complexity index is 1180. The van der Waals surface area contributed by atoms with Crippen molar-refractivity contribution in [1.29, 1.82) is 0 Å². The molecule has 3 aromatic rings. The highest BCUT2D eigenvalue weighted by molar-refractivity contribution is 6.16. The normalized spacial score (nSPS) is 16.4. The molecule has 1 aliphatic heterocycles. The summed E-state index contributed by atoms with van der Waals surface area (Å²) in [4.78, 5) is 30.1. The van der Waals surface area contributed by atoms with Crippen LogP contribution in [0.4, 0.5) is 0 Å². The van der Waals surface area contributed by atoms with Crippen LogP contribution in [0.5, 0.6) is 5.75 Å². The molecule has 0 fully saturated rings. The van der Waals surface area contributed by atoms with Crippen LogP contribution in [0.3, 0.4) is 0 Å². The summed E-state index contributed by atoms with van der Waals surface area (Å²) >= 11 is 0. The average molecular weight is 434 g/mol. The molecule has 1 aromatic heterocycles. The van der Waals surface area contributed by atoms with Crippen molar-refractivity contribution >= 4 is 22.7 Å². The van der Waals surface area contributed by atoms with Crippen LogP contribution in [-0.4, -0.2) is 60.9 Å². The summed E-state index contributed by atoms with van der Waals surface area (Å²) in [6.45, 7) is 1.18. The summed E-state index contributed by atoms with van der Waals surface area (Å²) in [6, 6.07) is 15.6. The number of ketones is 1. The van der Waals surface area contributed by atoms with Crippen molar-refractivity contribution in [3.05, 3.63) is 77.3 Å². The van der Waals surface area contributed by atoms with Gasteiger partial charge in [0.2, 0.25) is 5.78 Å². The first-order valence-electron chi connectivity index (χ1n) is 10.5. The Morgan fingerprint density at radius 1 is 1.16 bits per heavy atom. The molecule has 0 spiro atoms. The van der Waals surface area contributed by atoms with Crippen molar-refractivity contribution < 1.29 is 23.8 Å². The van der Waals surface area contributed by atoms with Crippen molar-refractivity contribution in [2.24, 2.45) is 0 Å². The highest BCUT2D eigenvalue weighted by atomic mass is 16.5. The van der Waals surface area contributed by atoms with Gasteiger partial charge in [0.1, 0.15) is 0 Å². The zero-order chi connectivity index (χ0) is 22.8. The molecular weight excluding hydrogens is 408 g/mol. The predicted octanol–water partition coefficient (Wildman–Crippen LogP) is 3.97. The van der Waals surface area contributed by atoms with Crippen LogP contribution in [0.2, 0.25) is 0 Å². The smallest absolute Gasteiger partial charge is 0.290 e. The van der Waals surface area contributed by atoms with Gasteiger partial charge in [0, 0.05) is 11.9 Å². The molecule has 32 heavy (non-hydrogen) atoms. The van der Waals surface area contributed by atoms with Crippen LogP contribution in [0, 0.1) is 0 Å². The van der Waals surface area contributed by atoms with Crippen molar-refractivity contribution in [1.82, 2.24) is 9.80 Å². The number of hydrogen-bond donors (Lipinski definition) is 1. The van der Waals surface area contributed by atoms with Crippen LogP contribution >= 0.6 is 0 Å². The topological polar surface area (TPSA) is 83.2 Å². The van der Waals surface area contributed by atoms with Gasteiger partial charge in [0.25, 0.3) is 5.91 Å². The minimum Gasteiger partial charge on any atom is -0.503 e. The van der Waals surface area contributed by atoms with Gasteiger partial charge in [-0.25, -0.2) is 0 Å². The standard InChI is InChI=1S/C25H26N2O5/c1-26(2)13-8-14-27-21(16-9-5-4-6-10-16)20(23(29)25(27)30)22(28)19-15-17-11-7-12-18(31-3)24(17)32-19/h4-7,9-12,15,21,29H,8,13-14H2,1-3H3. The number of methoxy groups -OCH3 is 1. The highest BCUT2D eigenvalue weighted by Gasteiger charge is 2.44. The number of furan rings is 1. The first-order chi connectivity index (χ1) is 15.4. The number of aliphatic hydroxyl groups is 1. The molecule has 1 aliphatic rings. The molecule has 166 valence electrons. The van der Waals surface area contributed by atoms with Gasteiger partial charge >= 0.3 is 0 Å². The third kappa shape index (κ3) is 3.87. The number of carbonyl (C=O) groups excluding carboxylic acids is 2. The number of benzene rings is 2. The van der Waals surface area contributed by atoms with Gasteiger partial charge < -0.3 is 24.1 Å². The van der Waals surface area contributed by atoms with Crippen molar-refractivity contribution in [2.75, 3.05) is 34.3 Å². The lowest BCUT2D eigenvalue weighted by Gasteiger charge is -2.27. The van der Waals surface area contributed by atoms with Gasteiger partial charge in [-0.3, -0.25) is 9.59 Å². The van der Waals surface area contributed by atoms with E-state index in [1.165, 1.54) is 7.11 Å². The molecule has 1 amide bonds. The molecule has 0 saturated carbocycles. The van der Waals surface area contributed by atoms with E-state index in [0.29, 0.717) is 29.7 Å². The van der Waals surface area contributed by atoms with Crippen LogP contribution in [0.15, 0.2) is 70.3 Å². The molecule has 2 heterocycles. The molecule has 4 rings (SSSR count). The number of ether oxygens (including phenoxy) is 1. The number of carbonyl (C=O) groups is 2. The molecule has 0 radical (unpaired) electrons. The van der Waals surface area contributed by atoms with E-state index in [2.05, 4.69) is 0 Å². The molecule has 0 aliphatic carbocycles. The SMILES string of the molecule is COc1cccc2cc(C(=O)C3=C(O)C(=O)N(CCCN(C)C)C3c3ccccc3)oc12. The minimum atomic E-state index is -0.687. The number of amides is 1. The fourth-order valence-corrected chi connectivity index (χ4v) is 4.10. The molecule has 7 nitrogen and oxygen atoms in total. The van der Waals surface area contributed by atoms with E-state index >= 15 is 0 Å². The summed E-state index contributed by atoms with van der Waals surface area (Å²) in [5, 5.41) is 11.5. The number of hydrogen-bond acceptors (Lipinski definition) is 6. The summed E-state index contributed by atoms with van der Waals surface area (Å²) in [6.07, 6.45) is 0.707. The maximum Gasteiger partial charge on any atom is 0.290 e. The van der Waals surface area contributed by atoms with Gasteiger partial charge in [-0.05, 0) is 44.8 Å². The second-order valence-electron chi connectivity index (χ2n) is 8.05. The van der Waals surface area contributed by atoms with E-state index in [9.17, 15) is 14.7 Å². The summed E-state index contributed by atoms with van der Waals surface area (Å²) in [7, 11) is 5.45. The maximum absolute atomic E-state index is 13.5. The average Bonchev–Trinajstić information content (AvgIpc) is 3.34. The summed E-state index contributed by atoms with van der Waals surface area (Å²) in [5.41, 5.74) is 1.23. The summed E-state index contributed by atoms with van der Waals surface area (Å²) < 4.78 is 11.1. The second-order valence-corrected chi connectivity index (χ2v) is 8.05. The fourth-order valence-electron chi connectivity index (χ4n) is 4.10. The molecule has 1 unspecified atom stereocenters. The number of nitrogens with zero attached hydrogens (tertiary/aromatic N) is 2. The van der Waals surface area contributed by atoms with Crippen LogP contribution in [0.1, 0.15) is 28.6 Å². The Kier molecular flexibility index (Phi) is 6.01. The first kappa shape index (κ1) is 21.6. The van der Waals surface area contributed by atoms with Crippen molar-refractivity contribution in [3.63, 3.8) is 0 Å². The molecule has 1 atom stereocenters. The summed E-state index contributed by atoms with van der Waals surface area (Å²) in [5.74, 6) is -1.03. The van der Waals surface area contributed by atoms with Gasteiger partial charge in [0.05, 0.1) is 18.7 Å². The molecule has 1 N–H and O–H groups in total. The Labute approximate surface area is 186 Å². The number of Topliss-reactive ketones (excluding diaryl/α,β-unsaturated/α-hetero) is 1. The van der Waals surface area contributed by atoms with E-state index in [0.717, 1.165) is 12.1 Å². The van der Waals surface area contributed by atoms with Crippen LogP contribution < -0.4 is 4.74 Å². The maximum atomic E-state index is 13.5. The quantitative estimate of drug-likeness (QED) is 0.540. The molecule has 7 heteroatoms. The van der Waals surface area contributed by atoms with Gasteiger partial charge in [0.15, 0.2) is 22.9 Å². The van der Waals surface area contributed by atoms with E-state index in [4.69, 9.17) is 9.15 Å². The Morgan fingerprint density at radius 3 is 2.59 bits per heavy atom. The Balaban J connectivity index is 1.75. The number of fused-ring (bicyclic) bond motifs is 1. The van der Waals surface area contributed by atoms with Crippen molar-refractivity contribution in [2.45, 2.75) is 12.5 Å². The Hall–Kier alpha value is -3.58. The van der Waals surface area contributed by atoms with E-state index in [1.807, 2.05) is 55.4 Å². The van der Waals surface area contributed by atoms with E-state index in [1.54, 1.807) is 23.1 Å². The third-order valence-electron chi connectivity index (χ3n) is 5.62. The van der Waals surface area contributed by atoms with Crippen LogP contribution in [0.25, 0.3) is 11.0 Å². The molecule has 0 saturated heterocycles. The largest absolute Gasteiger partial charge is 0.503 e. The molecule has 0 bridgehead atoms. The number of aliphatic hydroxyl groups excluding tert-OH is 1. The predicted molar refractivity (Wildman–Crippen MR) is 121 cm³/mol. The lowest BCUT2D eigenvalue weighted by Crippen LogP contribution is -2.33. The molecule has 2 aromatic carbocycles. The zero-order valence-corrected chi connectivity index (χ0v) is 18.4. The van der Waals surface area contributed by atoms with E-state index < -0.39 is 23.5 Å². The van der Waals surface area contributed by atoms with Gasteiger partial charge in [-0.1, -0.05) is 42.5 Å². The first-order valence-corrected chi connectivity index (χ1v) is 10.5. The van der Waals surface area contributed by atoms with Crippen LogP contribution in [-0.2, 0) is 4.79 Å². The van der Waals surface area contributed by atoms with Gasteiger partial charge in [-0.15, -0.1) is 0 Å². The zero-order valence-electron chi connectivity index (χ0n) is 18.4. The second kappa shape index (κ2) is 8.88. The van der Waals surface area contributed by atoms with Crippen molar-refractivity contribution in [3.8, 4) is 5.75 Å². The fraction of sp³-hybridized carbons (Fsp3) is 0.280. The minimum absolute atomic E-state index is 0.0316. The van der Waals surface area contributed by atoms with E-state index in [-0.39, 0.29) is 11.3 Å². The highest BCUT2D eigenvalue weighted by Crippen LogP contribution is 2.40. The lowest BCUT2D eigenvalue weighted by molar-refractivity contribution is -0.129. The van der Waals surface area contributed by atoms with Gasteiger partial charge in [-0.2, -0.15) is 0 Å². The third-order valence-corrected chi connectivity index (χ3v) is 5.62. The lowest BCUT2D eigenvalue weighted by atomic mass is 9.95. The Morgan fingerprint density at radius 2 is 1.91 bits per heavy atom. The monoisotopic (exact) mass is 434 g/mol. The molecular formula is C25H26N2O5. The number of rotatable bonds is 8.